The Morgan fingerprint density at radius 1 is 1.19 bits per heavy atom. The van der Waals surface area contributed by atoms with Gasteiger partial charge in [-0.05, 0) is 51.0 Å². The van der Waals surface area contributed by atoms with Crippen molar-refractivity contribution in [3.8, 4) is 0 Å². The number of allylic oxidation sites excluding steroid dienone is 2. The van der Waals surface area contributed by atoms with Crippen molar-refractivity contribution < 1.29 is 18.8 Å². The molecule has 0 heterocycles. The van der Waals surface area contributed by atoms with Gasteiger partial charge in [0.15, 0.2) is 5.78 Å². The minimum absolute atomic E-state index is 0.0230. The van der Waals surface area contributed by atoms with Gasteiger partial charge in [-0.15, -0.1) is 11.8 Å². The van der Waals surface area contributed by atoms with Crippen LogP contribution in [-0.2, 0) is 18.8 Å². The molecule has 1 aliphatic carbocycles. The lowest BCUT2D eigenvalue weighted by Gasteiger charge is -2.29. The first-order valence-electron chi connectivity index (χ1n) is 9.36. The second-order valence-electron chi connectivity index (χ2n) is 8.93. The van der Waals surface area contributed by atoms with E-state index in [1.165, 1.54) is 7.11 Å². The van der Waals surface area contributed by atoms with Gasteiger partial charge in [0.1, 0.15) is 5.76 Å². The number of hydrogen-bond donors (Lipinski definition) is 0. The van der Waals surface area contributed by atoms with Gasteiger partial charge in [0, 0.05) is 12.3 Å². The summed E-state index contributed by atoms with van der Waals surface area (Å²) in [6.45, 7) is 14.6. The molecule has 1 unspecified atom stereocenters. The van der Waals surface area contributed by atoms with Crippen molar-refractivity contribution in [3.05, 3.63) is 10.7 Å². The molecule has 0 aromatic rings. The lowest BCUT2D eigenvalue weighted by atomic mass is 9.79. The van der Waals surface area contributed by atoms with E-state index in [1.54, 1.807) is 11.8 Å². The van der Waals surface area contributed by atoms with Crippen molar-refractivity contribution in [1.29, 1.82) is 0 Å². The number of ether oxygens (including phenoxy) is 1. The Morgan fingerprint density at radius 2 is 1.81 bits per heavy atom. The lowest BCUT2D eigenvalue weighted by molar-refractivity contribution is -0.151. The van der Waals surface area contributed by atoms with Crippen LogP contribution >= 0.6 is 11.8 Å². The summed E-state index contributed by atoms with van der Waals surface area (Å²) < 4.78 is 11.0. The highest BCUT2D eigenvalue weighted by atomic mass is 32.2. The molecule has 1 rings (SSSR count). The maximum atomic E-state index is 12.6. The molecule has 0 saturated carbocycles. The smallest absolute Gasteiger partial charge is 0.311 e. The first kappa shape index (κ1) is 23.3. The van der Waals surface area contributed by atoms with Crippen LogP contribution in [-0.4, -0.2) is 33.7 Å². The molecule has 149 valence electrons. The van der Waals surface area contributed by atoms with Crippen molar-refractivity contribution in [1.82, 2.24) is 0 Å². The number of thioether (sulfide) groups is 1. The van der Waals surface area contributed by atoms with Crippen LogP contribution in [0.25, 0.3) is 0 Å². The molecular weight excluding hydrogens is 364 g/mol. The Morgan fingerprint density at radius 3 is 2.31 bits per heavy atom. The van der Waals surface area contributed by atoms with E-state index in [4.69, 9.17) is 9.16 Å². The van der Waals surface area contributed by atoms with Crippen molar-refractivity contribution in [2.75, 3.05) is 12.9 Å². The van der Waals surface area contributed by atoms with Crippen LogP contribution in [0.5, 0.6) is 0 Å². The lowest BCUT2D eigenvalue weighted by Crippen LogP contribution is -2.25. The molecule has 0 saturated heterocycles. The fraction of sp³-hybridized carbons (Fsp3) is 0.800. The first-order valence-corrected chi connectivity index (χ1v) is 12.8. The number of Topliss-reactive ketones (excluding diaryl/α,β-unsaturated/α-hetero) is 1. The van der Waals surface area contributed by atoms with Gasteiger partial charge in [-0.2, -0.15) is 0 Å². The van der Waals surface area contributed by atoms with Crippen LogP contribution in [0.15, 0.2) is 10.7 Å². The number of hydrogen-bond acceptors (Lipinski definition) is 5. The van der Waals surface area contributed by atoms with Gasteiger partial charge in [0.25, 0.3) is 9.04 Å². The number of methoxy groups -OCH3 is 1. The molecule has 0 aromatic carbocycles. The van der Waals surface area contributed by atoms with E-state index in [0.29, 0.717) is 6.42 Å². The third-order valence-corrected chi connectivity index (χ3v) is 6.56. The van der Waals surface area contributed by atoms with Gasteiger partial charge in [-0.1, -0.05) is 27.2 Å². The number of unbranched alkanes of at least 4 members (excludes halogenated alkanes) is 1. The summed E-state index contributed by atoms with van der Waals surface area (Å²) in [5.41, 5.74) is -0.426. The summed E-state index contributed by atoms with van der Waals surface area (Å²) in [4.78, 5) is 25.1. The number of carbonyl (C=O) groups excluding carboxylic acids is 2. The average Bonchev–Trinajstić information content (AvgIpc) is 2.82. The number of esters is 1. The van der Waals surface area contributed by atoms with Crippen LogP contribution in [0.3, 0.4) is 0 Å². The maximum absolute atomic E-state index is 12.6. The zero-order valence-corrected chi connectivity index (χ0v) is 19.5. The molecule has 0 fully saturated rings. The maximum Gasteiger partial charge on any atom is 0.311 e. The zero-order valence-electron chi connectivity index (χ0n) is 17.7. The molecule has 0 aliphatic heterocycles. The summed E-state index contributed by atoms with van der Waals surface area (Å²) in [7, 11) is 0.527. The minimum Gasteiger partial charge on any atom is -0.544 e. The largest absolute Gasteiger partial charge is 0.544 e. The summed E-state index contributed by atoms with van der Waals surface area (Å²) in [5.74, 6) is 2.04. The van der Waals surface area contributed by atoms with Gasteiger partial charge < -0.3 is 9.16 Å². The van der Waals surface area contributed by atoms with E-state index in [0.717, 1.165) is 35.7 Å². The fourth-order valence-corrected chi connectivity index (χ4v) is 4.96. The molecule has 1 aliphatic rings. The predicted octanol–water partition coefficient (Wildman–Crippen LogP) is 5.20. The van der Waals surface area contributed by atoms with E-state index in [2.05, 4.69) is 33.9 Å². The van der Waals surface area contributed by atoms with Gasteiger partial charge in [-0.25, -0.2) is 0 Å². The van der Waals surface area contributed by atoms with Crippen molar-refractivity contribution in [2.24, 2.45) is 16.7 Å². The Bertz CT molecular complexity index is 547. The summed E-state index contributed by atoms with van der Waals surface area (Å²) >= 11 is 1.63. The Kier molecular flexibility index (Phi) is 8.46. The predicted molar refractivity (Wildman–Crippen MR) is 110 cm³/mol. The molecule has 0 N–H and O–H groups in total. The molecule has 1 atom stereocenters. The third kappa shape index (κ3) is 6.45. The van der Waals surface area contributed by atoms with Crippen LogP contribution in [0.2, 0.25) is 13.1 Å². The van der Waals surface area contributed by atoms with Gasteiger partial charge in [0.2, 0.25) is 0 Å². The standard InChI is InChI=1S/C20H35O4SSi/c1-19(2,3)14-13-15(21)17(16(14)24-26(7)8)25-12-10-9-11-20(4,5)18(22)23-6/h14H,9-13H2,1-8H3. The molecule has 0 amide bonds. The second-order valence-corrected chi connectivity index (χ2v) is 12.1. The highest BCUT2D eigenvalue weighted by Crippen LogP contribution is 2.45. The summed E-state index contributed by atoms with van der Waals surface area (Å²) in [5, 5.41) is 0. The highest BCUT2D eigenvalue weighted by molar-refractivity contribution is 8.04. The number of ketones is 1. The van der Waals surface area contributed by atoms with Crippen LogP contribution in [0.4, 0.5) is 0 Å². The van der Waals surface area contributed by atoms with E-state index in [-0.39, 0.29) is 23.1 Å². The SMILES string of the molecule is COC(=O)C(C)(C)CCCCSC1=C(O[Si](C)C)C(C(C)(C)C)CC1=O. The zero-order chi connectivity index (χ0) is 20.1. The summed E-state index contributed by atoms with van der Waals surface area (Å²) in [6, 6.07) is 0. The van der Waals surface area contributed by atoms with E-state index in [1.807, 2.05) is 13.8 Å². The number of carbonyl (C=O) groups is 2. The van der Waals surface area contributed by atoms with Gasteiger partial charge >= 0.3 is 5.97 Å². The van der Waals surface area contributed by atoms with Gasteiger partial charge in [-0.3, -0.25) is 9.59 Å². The van der Waals surface area contributed by atoms with E-state index < -0.39 is 14.5 Å². The van der Waals surface area contributed by atoms with Crippen molar-refractivity contribution >= 4 is 32.6 Å². The normalized spacial score (nSPS) is 18.7. The first-order chi connectivity index (χ1) is 11.9. The Hall–Kier alpha value is -0.753. The quantitative estimate of drug-likeness (QED) is 0.303. The van der Waals surface area contributed by atoms with E-state index >= 15 is 0 Å². The van der Waals surface area contributed by atoms with Crippen LogP contribution in [0, 0.1) is 16.7 Å². The molecule has 6 heteroatoms. The van der Waals surface area contributed by atoms with Crippen LogP contribution < -0.4 is 0 Å². The Balaban J connectivity index is 2.67. The topological polar surface area (TPSA) is 52.6 Å². The third-order valence-electron chi connectivity index (χ3n) is 4.72. The van der Waals surface area contributed by atoms with Crippen LogP contribution in [0.1, 0.15) is 60.3 Å². The fourth-order valence-electron chi connectivity index (χ4n) is 3.08. The second kappa shape index (κ2) is 9.45. The molecule has 1 radical (unpaired) electrons. The molecule has 0 bridgehead atoms. The minimum atomic E-state index is -0.906. The average molecular weight is 400 g/mol. The van der Waals surface area contributed by atoms with Gasteiger partial charge in [0.05, 0.1) is 17.4 Å². The monoisotopic (exact) mass is 399 g/mol. The highest BCUT2D eigenvalue weighted by Gasteiger charge is 2.41. The molecule has 0 spiro atoms. The molecule has 0 aromatic heterocycles. The molecule has 26 heavy (non-hydrogen) atoms. The van der Waals surface area contributed by atoms with Crippen molar-refractivity contribution in [2.45, 2.75) is 73.4 Å². The van der Waals surface area contributed by atoms with E-state index in [9.17, 15) is 9.59 Å². The summed E-state index contributed by atoms with van der Waals surface area (Å²) in [6.07, 6.45) is 3.25. The molecule has 4 nitrogen and oxygen atoms in total. The Labute approximate surface area is 165 Å². The van der Waals surface area contributed by atoms with Crippen molar-refractivity contribution in [3.63, 3.8) is 0 Å². The molecular formula is C20H35O4SSi. The number of rotatable bonds is 9.